The third-order valence-electron chi connectivity index (χ3n) is 2.45. The monoisotopic (exact) mass is 266 g/mol. The van der Waals surface area contributed by atoms with Crippen molar-refractivity contribution in [3.8, 4) is 0 Å². The van der Waals surface area contributed by atoms with E-state index in [2.05, 4.69) is 4.72 Å². The topological polar surface area (TPSA) is 85.3 Å². The molecular weight excluding hydrogens is 252 g/mol. The maximum absolute atomic E-state index is 11.8. The zero-order chi connectivity index (χ0) is 13.0. The molecule has 0 bridgehead atoms. The van der Waals surface area contributed by atoms with Crippen LogP contribution in [0.5, 0.6) is 0 Å². The van der Waals surface area contributed by atoms with E-state index in [9.17, 15) is 8.42 Å². The van der Waals surface area contributed by atoms with E-state index in [1.807, 2.05) is 0 Å². The van der Waals surface area contributed by atoms with Crippen molar-refractivity contribution in [1.82, 2.24) is 4.72 Å². The molecule has 5 nitrogen and oxygen atoms in total. The van der Waals surface area contributed by atoms with Gasteiger partial charge in [0.15, 0.2) is 0 Å². The fourth-order valence-electron chi connectivity index (χ4n) is 1.52. The Balaban J connectivity index is 2.02. The molecule has 0 amide bonds. The molecule has 18 heavy (non-hydrogen) atoms. The van der Waals surface area contributed by atoms with Crippen LogP contribution in [0.15, 0.2) is 47.1 Å². The lowest BCUT2D eigenvalue weighted by atomic mass is 10.2. The van der Waals surface area contributed by atoms with E-state index in [0.717, 1.165) is 0 Å². The van der Waals surface area contributed by atoms with E-state index < -0.39 is 10.0 Å². The lowest BCUT2D eigenvalue weighted by Crippen LogP contribution is -2.24. The number of benzene rings is 1. The first-order chi connectivity index (χ1) is 8.57. The summed E-state index contributed by atoms with van der Waals surface area (Å²) in [6, 6.07) is 10.3. The van der Waals surface area contributed by atoms with E-state index in [0.29, 0.717) is 17.0 Å². The molecule has 2 aromatic rings. The van der Waals surface area contributed by atoms with Crippen LogP contribution < -0.4 is 10.5 Å². The first-order valence-electron chi connectivity index (χ1n) is 5.40. The summed E-state index contributed by atoms with van der Waals surface area (Å²) in [5, 5.41) is 0. The lowest BCUT2D eigenvalue weighted by molar-refractivity contribution is 0.498. The normalized spacial score (nSPS) is 11.6. The van der Waals surface area contributed by atoms with E-state index in [4.69, 9.17) is 10.2 Å². The number of hydrogen-bond acceptors (Lipinski definition) is 4. The zero-order valence-corrected chi connectivity index (χ0v) is 10.5. The van der Waals surface area contributed by atoms with Gasteiger partial charge >= 0.3 is 0 Å². The number of nitrogen functional groups attached to an aromatic ring is 1. The number of furan rings is 1. The van der Waals surface area contributed by atoms with Crippen LogP contribution in [0.3, 0.4) is 0 Å². The molecular formula is C12H14N2O3S. The van der Waals surface area contributed by atoms with Gasteiger partial charge in [-0.05, 0) is 23.8 Å². The molecule has 0 saturated heterocycles. The van der Waals surface area contributed by atoms with Crippen molar-refractivity contribution < 1.29 is 12.8 Å². The number of anilines is 1. The maximum Gasteiger partial charge on any atom is 0.216 e. The first kappa shape index (κ1) is 12.7. The highest BCUT2D eigenvalue weighted by Crippen LogP contribution is 2.13. The highest BCUT2D eigenvalue weighted by molar-refractivity contribution is 7.88. The Morgan fingerprint density at radius 2 is 1.94 bits per heavy atom. The molecule has 0 spiro atoms. The average molecular weight is 266 g/mol. The number of nitrogens with one attached hydrogen (secondary N) is 1. The van der Waals surface area contributed by atoms with Gasteiger partial charge in [0.05, 0.1) is 18.6 Å². The molecule has 96 valence electrons. The molecule has 1 aromatic heterocycles. The minimum atomic E-state index is -3.42. The van der Waals surface area contributed by atoms with Crippen LogP contribution in [0.25, 0.3) is 0 Å². The van der Waals surface area contributed by atoms with Gasteiger partial charge in [0.1, 0.15) is 5.76 Å². The van der Waals surface area contributed by atoms with Crippen molar-refractivity contribution in [3.05, 3.63) is 54.0 Å². The summed E-state index contributed by atoms with van der Waals surface area (Å²) in [5.41, 5.74) is 6.77. The molecule has 6 heteroatoms. The van der Waals surface area contributed by atoms with Crippen LogP contribution in [0.4, 0.5) is 5.69 Å². The SMILES string of the molecule is Nc1ccccc1CS(=O)(=O)NCc1ccco1. The first-order valence-corrected chi connectivity index (χ1v) is 7.05. The van der Waals surface area contributed by atoms with Gasteiger partial charge in [0.2, 0.25) is 10.0 Å². The Labute approximate surface area is 106 Å². The second-order valence-corrected chi connectivity index (χ2v) is 5.67. The fraction of sp³-hybridized carbons (Fsp3) is 0.167. The molecule has 0 saturated carbocycles. The van der Waals surface area contributed by atoms with E-state index in [1.54, 1.807) is 36.4 Å². The van der Waals surface area contributed by atoms with E-state index in [-0.39, 0.29) is 12.3 Å². The molecule has 0 fully saturated rings. The molecule has 1 aromatic carbocycles. The molecule has 0 aliphatic rings. The summed E-state index contributed by atoms with van der Waals surface area (Å²) >= 11 is 0. The minimum absolute atomic E-state index is 0.139. The van der Waals surface area contributed by atoms with E-state index >= 15 is 0 Å². The summed E-state index contributed by atoms with van der Waals surface area (Å²) in [6.45, 7) is 0.141. The van der Waals surface area contributed by atoms with Crippen LogP contribution in [-0.4, -0.2) is 8.42 Å². The van der Waals surface area contributed by atoms with Crippen molar-refractivity contribution in [1.29, 1.82) is 0 Å². The number of nitrogens with two attached hydrogens (primary N) is 1. The standard InChI is InChI=1S/C12H14N2O3S/c13-12-6-2-1-4-10(12)9-18(15,16)14-8-11-5-3-7-17-11/h1-7,14H,8-9,13H2. The van der Waals surface area contributed by atoms with Crippen LogP contribution in [0.1, 0.15) is 11.3 Å². The van der Waals surface area contributed by atoms with Crippen molar-refractivity contribution in [2.45, 2.75) is 12.3 Å². The lowest BCUT2D eigenvalue weighted by Gasteiger charge is -2.07. The van der Waals surface area contributed by atoms with Gasteiger partial charge in [0, 0.05) is 5.69 Å². The maximum atomic E-state index is 11.8. The number of rotatable bonds is 5. The molecule has 0 atom stereocenters. The van der Waals surface area contributed by atoms with Crippen molar-refractivity contribution in [2.75, 3.05) is 5.73 Å². The van der Waals surface area contributed by atoms with Gasteiger partial charge in [0.25, 0.3) is 0 Å². The van der Waals surface area contributed by atoms with E-state index in [1.165, 1.54) is 6.26 Å². The highest BCUT2D eigenvalue weighted by Gasteiger charge is 2.13. The third kappa shape index (κ3) is 3.35. The Kier molecular flexibility index (Phi) is 3.69. The molecule has 2 rings (SSSR count). The Bertz CT molecular complexity index is 606. The summed E-state index contributed by atoms with van der Waals surface area (Å²) in [4.78, 5) is 0. The van der Waals surface area contributed by atoms with Gasteiger partial charge in [-0.3, -0.25) is 0 Å². The summed E-state index contributed by atoms with van der Waals surface area (Å²) in [7, 11) is -3.42. The Hall–Kier alpha value is -1.79. The van der Waals surface area contributed by atoms with Crippen molar-refractivity contribution >= 4 is 15.7 Å². The highest BCUT2D eigenvalue weighted by atomic mass is 32.2. The molecule has 1 heterocycles. The molecule has 0 aliphatic heterocycles. The molecule has 3 N–H and O–H groups in total. The summed E-state index contributed by atoms with van der Waals surface area (Å²) < 4.78 is 31.2. The van der Waals surface area contributed by atoms with Gasteiger partial charge in [-0.15, -0.1) is 0 Å². The Morgan fingerprint density at radius 3 is 2.61 bits per heavy atom. The molecule has 0 aliphatic carbocycles. The summed E-state index contributed by atoms with van der Waals surface area (Å²) in [5.74, 6) is 0.431. The second kappa shape index (κ2) is 5.24. The predicted octanol–water partition coefficient (Wildman–Crippen LogP) is 1.48. The number of hydrogen-bond donors (Lipinski definition) is 2. The van der Waals surface area contributed by atoms with Crippen LogP contribution >= 0.6 is 0 Å². The predicted molar refractivity (Wildman–Crippen MR) is 69.0 cm³/mol. The third-order valence-corrected chi connectivity index (χ3v) is 3.72. The number of para-hydroxylation sites is 1. The molecule has 0 radical (unpaired) electrons. The van der Waals surface area contributed by atoms with Gasteiger partial charge < -0.3 is 10.2 Å². The zero-order valence-electron chi connectivity index (χ0n) is 9.67. The van der Waals surface area contributed by atoms with Crippen molar-refractivity contribution in [2.24, 2.45) is 0 Å². The van der Waals surface area contributed by atoms with Crippen LogP contribution in [-0.2, 0) is 22.3 Å². The number of sulfonamides is 1. The quantitative estimate of drug-likeness (QED) is 0.803. The van der Waals surface area contributed by atoms with Gasteiger partial charge in [-0.1, -0.05) is 18.2 Å². The van der Waals surface area contributed by atoms with Crippen LogP contribution in [0, 0.1) is 0 Å². The van der Waals surface area contributed by atoms with Crippen molar-refractivity contribution in [3.63, 3.8) is 0 Å². The minimum Gasteiger partial charge on any atom is -0.468 e. The smallest absolute Gasteiger partial charge is 0.216 e. The van der Waals surface area contributed by atoms with Gasteiger partial charge in [-0.2, -0.15) is 0 Å². The van der Waals surface area contributed by atoms with Gasteiger partial charge in [-0.25, -0.2) is 13.1 Å². The van der Waals surface area contributed by atoms with Crippen LogP contribution in [0.2, 0.25) is 0 Å². The fourth-order valence-corrected chi connectivity index (χ4v) is 2.65. The average Bonchev–Trinajstić information content (AvgIpc) is 2.83. The second-order valence-electron chi connectivity index (χ2n) is 3.86. The Morgan fingerprint density at radius 1 is 1.17 bits per heavy atom. The summed E-state index contributed by atoms with van der Waals surface area (Å²) in [6.07, 6.45) is 1.50. The largest absolute Gasteiger partial charge is 0.468 e. The molecule has 0 unspecified atom stereocenters.